The third kappa shape index (κ3) is 3.42. The molecule has 1 N–H and O–H groups in total. The van der Waals surface area contributed by atoms with E-state index in [4.69, 9.17) is 0 Å². The van der Waals surface area contributed by atoms with Gasteiger partial charge in [-0.3, -0.25) is 4.79 Å². The summed E-state index contributed by atoms with van der Waals surface area (Å²) < 4.78 is 14.8. The fraction of sp³-hybridized carbons (Fsp3) is 0.118. The predicted octanol–water partition coefficient (Wildman–Crippen LogP) is 2.63. The Balaban J connectivity index is 1.96. The molecule has 3 rings (SSSR count). The number of halogens is 1. The Kier molecular flexibility index (Phi) is 4.14. The molecule has 6 heteroatoms. The molecule has 0 aliphatic carbocycles. The second-order valence-corrected chi connectivity index (χ2v) is 5.11. The van der Waals surface area contributed by atoms with Gasteiger partial charge in [0.25, 0.3) is 0 Å². The number of hydrogen-bond donors (Lipinski definition) is 1. The van der Waals surface area contributed by atoms with E-state index in [9.17, 15) is 9.18 Å². The summed E-state index contributed by atoms with van der Waals surface area (Å²) in [6, 6.07) is 15.0. The van der Waals surface area contributed by atoms with Crippen molar-refractivity contribution in [2.45, 2.75) is 13.0 Å². The fourth-order valence-electron chi connectivity index (χ4n) is 2.30. The Morgan fingerprint density at radius 1 is 1.13 bits per heavy atom. The minimum atomic E-state index is -0.481. The van der Waals surface area contributed by atoms with Crippen LogP contribution in [-0.4, -0.2) is 20.9 Å². The monoisotopic (exact) mass is 310 g/mol. The number of benzene rings is 2. The molecule has 0 fully saturated rings. The Hall–Kier alpha value is -3.02. The van der Waals surface area contributed by atoms with Gasteiger partial charge < -0.3 is 5.32 Å². The molecule has 2 aromatic carbocycles. The molecule has 0 saturated carbocycles. The van der Waals surface area contributed by atoms with Crippen molar-refractivity contribution < 1.29 is 9.18 Å². The van der Waals surface area contributed by atoms with E-state index in [1.807, 2.05) is 30.3 Å². The summed E-state index contributed by atoms with van der Waals surface area (Å²) in [7, 11) is 0. The lowest BCUT2D eigenvalue weighted by atomic mass is 10.0. The highest BCUT2D eigenvalue weighted by Crippen LogP contribution is 2.21. The first kappa shape index (κ1) is 14.9. The lowest BCUT2D eigenvalue weighted by Gasteiger charge is -2.15. The molecular weight excluding hydrogens is 295 g/mol. The number of para-hydroxylation sites is 1. The third-order valence-corrected chi connectivity index (χ3v) is 3.38. The Morgan fingerprint density at radius 2 is 1.83 bits per heavy atom. The molecule has 0 unspecified atom stereocenters. The van der Waals surface area contributed by atoms with Gasteiger partial charge in [-0.05, 0) is 29.8 Å². The minimum Gasteiger partial charge on any atom is -0.344 e. The van der Waals surface area contributed by atoms with Crippen molar-refractivity contribution in [3.05, 3.63) is 77.9 Å². The topological polar surface area (TPSA) is 59.8 Å². The molecular formula is C17H15FN4O. The van der Waals surface area contributed by atoms with Crippen LogP contribution in [0, 0.1) is 5.82 Å². The number of carbonyl (C=O) groups excluding carboxylic acids is 1. The maximum Gasteiger partial charge on any atom is 0.217 e. The summed E-state index contributed by atoms with van der Waals surface area (Å²) in [6.45, 7) is 1.43. The molecule has 0 saturated heterocycles. The van der Waals surface area contributed by atoms with Gasteiger partial charge in [0.2, 0.25) is 5.91 Å². The molecule has 0 radical (unpaired) electrons. The van der Waals surface area contributed by atoms with Crippen LogP contribution in [0.25, 0.3) is 5.69 Å². The predicted molar refractivity (Wildman–Crippen MR) is 83.4 cm³/mol. The quantitative estimate of drug-likeness (QED) is 0.806. The summed E-state index contributed by atoms with van der Waals surface area (Å²) in [5, 5.41) is 11.1. The summed E-state index contributed by atoms with van der Waals surface area (Å²) in [5.74, 6) is -0.531. The SMILES string of the molecule is CC(=O)N[C@@H](c1ccc(F)cc1)c1cn(-c2ccccc2)nn1. The number of nitrogens with one attached hydrogen (secondary N) is 1. The summed E-state index contributed by atoms with van der Waals surface area (Å²) in [5.41, 5.74) is 2.18. The van der Waals surface area contributed by atoms with E-state index < -0.39 is 6.04 Å². The number of nitrogens with zero attached hydrogens (tertiary/aromatic N) is 3. The first-order chi connectivity index (χ1) is 11.1. The van der Waals surface area contributed by atoms with Gasteiger partial charge in [0.1, 0.15) is 11.5 Å². The van der Waals surface area contributed by atoms with E-state index in [1.54, 1.807) is 23.0 Å². The van der Waals surface area contributed by atoms with Crippen LogP contribution in [0.3, 0.4) is 0 Å². The van der Waals surface area contributed by atoms with Gasteiger partial charge in [0, 0.05) is 6.92 Å². The van der Waals surface area contributed by atoms with Crippen molar-refractivity contribution in [2.75, 3.05) is 0 Å². The van der Waals surface area contributed by atoms with Gasteiger partial charge in [0.05, 0.1) is 17.9 Å². The van der Waals surface area contributed by atoms with E-state index in [2.05, 4.69) is 15.6 Å². The van der Waals surface area contributed by atoms with Gasteiger partial charge >= 0.3 is 0 Å². The zero-order valence-corrected chi connectivity index (χ0v) is 12.5. The number of carbonyl (C=O) groups is 1. The van der Waals surface area contributed by atoms with Crippen LogP contribution in [0.1, 0.15) is 24.2 Å². The Bertz CT molecular complexity index is 799. The molecule has 23 heavy (non-hydrogen) atoms. The highest BCUT2D eigenvalue weighted by Gasteiger charge is 2.19. The normalized spacial score (nSPS) is 11.9. The minimum absolute atomic E-state index is 0.200. The van der Waals surface area contributed by atoms with Crippen LogP contribution in [0.15, 0.2) is 60.8 Å². The van der Waals surface area contributed by atoms with E-state index >= 15 is 0 Å². The summed E-state index contributed by atoms with van der Waals surface area (Å²) in [4.78, 5) is 11.5. The Morgan fingerprint density at radius 3 is 2.48 bits per heavy atom. The number of aromatic nitrogens is 3. The van der Waals surface area contributed by atoms with E-state index in [0.29, 0.717) is 5.69 Å². The standard InChI is InChI=1S/C17H15FN4O/c1-12(23)19-17(13-7-9-14(18)10-8-13)16-11-22(21-20-16)15-5-3-2-4-6-15/h2-11,17H,1H3,(H,19,23)/t17-/m0/s1. The average molecular weight is 310 g/mol. The molecule has 0 aliphatic rings. The van der Waals surface area contributed by atoms with Crippen LogP contribution in [0.4, 0.5) is 4.39 Å². The van der Waals surface area contributed by atoms with Crippen molar-refractivity contribution in [3.8, 4) is 5.69 Å². The zero-order chi connectivity index (χ0) is 16.2. The van der Waals surface area contributed by atoms with Crippen LogP contribution in [0.5, 0.6) is 0 Å². The molecule has 0 bridgehead atoms. The first-order valence-corrected chi connectivity index (χ1v) is 7.14. The van der Waals surface area contributed by atoms with Crippen LogP contribution in [-0.2, 0) is 4.79 Å². The number of hydrogen-bond acceptors (Lipinski definition) is 3. The second kappa shape index (κ2) is 6.39. The lowest BCUT2D eigenvalue weighted by molar-refractivity contribution is -0.119. The Labute approximate surface area is 132 Å². The van der Waals surface area contributed by atoms with E-state index in [0.717, 1.165) is 11.3 Å². The van der Waals surface area contributed by atoms with Crippen molar-refractivity contribution in [1.29, 1.82) is 0 Å². The molecule has 116 valence electrons. The van der Waals surface area contributed by atoms with E-state index in [-0.39, 0.29) is 11.7 Å². The lowest BCUT2D eigenvalue weighted by Crippen LogP contribution is -2.27. The highest BCUT2D eigenvalue weighted by atomic mass is 19.1. The average Bonchev–Trinajstić information content (AvgIpc) is 3.04. The molecule has 1 atom stereocenters. The molecule has 1 aromatic heterocycles. The van der Waals surface area contributed by atoms with Crippen molar-refractivity contribution in [1.82, 2.24) is 20.3 Å². The fourth-order valence-corrected chi connectivity index (χ4v) is 2.30. The molecule has 5 nitrogen and oxygen atoms in total. The van der Waals surface area contributed by atoms with Gasteiger partial charge in [0.15, 0.2) is 0 Å². The maximum atomic E-state index is 13.1. The smallest absolute Gasteiger partial charge is 0.217 e. The van der Waals surface area contributed by atoms with Gasteiger partial charge in [-0.2, -0.15) is 0 Å². The number of amides is 1. The van der Waals surface area contributed by atoms with Gasteiger partial charge in [-0.15, -0.1) is 5.10 Å². The third-order valence-electron chi connectivity index (χ3n) is 3.38. The molecule has 1 amide bonds. The molecule has 3 aromatic rings. The zero-order valence-electron chi connectivity index (χ0n) is 12.5. The van der Waals surface area contributed by atoms with Crippen molar-refractivity contribution in [3.63, 3.8) is 0 Å². The maximum absolute atomic E-state index is 13.1. The largest absolute Gasteiger partial charge is 0.344 e. The van der Waals surface area contributed by atoms with Gasteiger partial charge in [-0.25, -0.2) is 9.07 Å². The van der Waals surface area contributed by atoms with Crippen LogP contribution in [0.2, 0.25) is 0 Å². The van der Waals surface area contributed by atoms with Crippen LogP contribution < -0.4 is 5.32 Å². The first-order valence-electron chi connectivity index (χ1n) is 7.14. The van der Waals surface area contributed by atoms with Crippen LogP contribution >= 0.6 is 0 Å². The molecule has 0 spiro atoms. The highest BCUT2D eigenvalue weighted by molar-refractivity contribution is 5.74. The van der Waals surface area contributed by atoms with Crippen molar-refractivity contribution >= 4 is 5.91 Å². The summed E-state index contributed by atoms with van der Waals surface area (Å²) >= 11 is 0. The van der Waals surface area contributed by atoms with Gasteiger partial charge in [-0.1, -0.05) is 35.5 Å². The number of rotatable bonds is 4. The molecule has 0 aliphatic heterocycles. The second-order valence-electron chi connectivity index (χ2n) is 5.11. The van der Waals surface area contributed by atoms with Crippen molar-refractivity contribution in [2.24, 2.45) is 0 Å². The summed E-state index contributed by atoms with van der Waals surface area (Å²) in [6.07, 6.45) is 1.75. The molecule has 1 heterocycles. The van der Waals surface area contributed by atoms with E-state index in [1.165, 1.54) is 19.1 Å².